The molecule has 0 saturated carbocycles. The number of rotatable bonds is 6. The fourth-order valence-electron chi connectivity index (χ4n) is 2.44. The molecule has 1 atom stereocenters. The Bertz CT molecular complexity index is 724. The van der Waals surface area contributed by atoms with Gasteiger partial charge in [0.2, 0.25) is 5.91 Å². The van der Waals surface area contributed by atoms with Crippen molar-refractivity contribution in [1.82, 2.24) is 10.2 Å². The molecule has 0 aliphatic carbocycles. The molecule has 2 rings (SSSR count). The van der Waals surface area contributed by atoms with E-state index in [9.17, 15) is 9.18 Å². The zero-order valence-corrected chi connectivity index (χ0v) is 15.0. The van der Waals surface area contributed by atoms with Crippen LogP contribution in [0.1, 0.15) is 24.1 Å². The van der Waals surface area contributed by atoms with Crippen LogP contribution in [0.2, 0.25) is 10.0 Å². The molecule has 1 unspecified atom stereocenters. The molecule has 2 aromatic rings. The van der Waals surface area contributed by atoms with E-state index in [1.54, 1.807) is 48.3 Å². The van der Waals surface area contributed by atoms with Crippen molar-refractivity contribution in [2.45, 2.75) is 19.5 Å². The third-order valence-corrected chi connectivity index (χ3v) is 4.18. The quantitative estimate of drug-likeness (QED) is 0.817. The predicted molar refractivity (Wildman–Crippen MR) is 95.8 cm³/mol. The van der Waals surface area contributed by atoms with Crippen LogP contribution in [0.5, 0.6) is 0 Å². The predicted octanol–water partition coefficient (Wildman–Crippen LogP) is 4.44. The molecular weight excluding hydrogens is 350 g/mol. The second-order valence-corrected chi connectivity index (χ2v) is 6.56. The lowest BCUT2D eigenvalue weighted by Crippen LogP contribution is -2.36. The zero-order valence-electron chi connectivity index (χ0n) is 13.5. The smallest absolute Gasteiger partial charge is 0.234 e. The number of carbonyl (C=O) groups excluding carboxylic acids is 1. The van der Waals surface area contributed by atoms with E-state index in [2.05, 4.69) is 5.32 Å². The molecule has 3 nitrogen and oxygen atoms in total. The first-order chi connectivity index (χ1) is 11.4. The molecule has 1 amide bonds. The molecule has 0 aliphatic heterocycles. The first kappa shape index (κ1) is 18.7. The van der Waals surface area contributed by atoms with Gasteiger partial charge in [-0.3, -0.25) is 9.69 Å². The molecule has 24 heavy (non-hydrogen) atoms. The summed E-state index contributed by atoms with van der Waals surface area (Å²) in [6.07, 6.45) is 0. The van der Waals surface area contributed by atoms with Gasteiger partial charge >= 0.3 is 0 Å². The molecule has 0 heterocycles. The van der Waals surface area contributed by atoms with Gasteiger partial charge in [-0.25, -0.2) is 4.39 Å². The van der Waals surface area contributed by atoms with E-state index in [0.29, 0.717) is 22.2 Å². The van der Waals surface area contributed by atoms with Crippen molar-refractivity contribution >= 4 is 29.1 Å². The molecule has 0 fully saturated rings. The monoisotopic (exact) mass is 368 g/mol. The van der Waals surface area contributed by atoms with E-state index in [0.717, 1.165) is 5.56 Å². The second kappa shape index (κ2) is 8.47. The first-order valence-electron chi connectivity index (χ1n) is 7.53. The number of likely N-dealkylation sites (N-methyl/N-ethyl adjacent to an activating group) is 1. The summed E-state index contributed by atoms with van der Waals surface area (Å²) < 4.78 is 13.6. The van der Waals surface area contributed by atoms with Crippen molar-refractivity contribution < 1.29 is 9.18 Å². The number of nitrogens with zero attached hydrogens (tertiary/aromatic N) is 1. The second-order valence-electron chi connectivity index (χ2n) is 5.72. The Kier molecular flexibility index (Phi) is 6.60. The van der Waals surface area contributed by atoms with E-state index in [4.69, 9.17) is 23.2 Å². The van der Waals surface area contributed by atoms with Crippen LogP contribution in [0.15, 0.2) is 42.5 Å². The minimum atomic E-state index is -0.272. The van der Waals surface area contributed by atoms with E-state index in [1.165, 1.54) is 6.07 Å². The minimum Gasteiger partial charge on any atom is -0.348 e. The fraction of sp³-hybridized carbons (Fsp3) is 0.278. The van der Waals surface area contributed by atoms with Gasteiger partial charge in [0, 0.05) is 22.2 Å². The highest BCUT2D eigenvalue weighted by Crippen LogP contribution is 2.26. The highest BCUT2D eigenvalue weighted by molar-refractivity contribution is 6.35. The third-order valence-electron chi connectivity index (χ3n) is 3.62. The molecule has 0 aliphatic rings. The molecular formula is C18H19Cl2FN2O. The van der Waals surface area contributed by atoms with Gasteiger partial charge in [-0.05, 0) is 37.7 Å². The number of carbonyl (C=O) groups is 1. The van der Waals surface area contributed by atoms with Gasteiger partial charge in [0.05, 0.1) is 12.6 Å². The number of nitrogens with one attached hydrogen (secondary N) is 1. The third kappa shape index (κ3) is 5.20. The topological polar surface area (TPSA) is 32.3 Å². The number of benzene rings is 2. The summed E-state index contributed by atoms with van der Waals surface area (Å²) in [4.78, 5) is 13.9. The molecule has 6 heteroatoms. The Morgan fingerprint density at radius 3 is 2.62 bits per heavy atom. The van der Waals surface area contributed by atoms with Gasteiger partial charge < -0.3 is 5.32 Å². The lowest BCUT2D eigenvalue weighted by molar-refractivity contribution is -0.122. The average Bonchev–Trinajstić information content (AvgIpc) is 2.49. The Labute approximate surface area is 151 Å². The maximum absolute atomic E-state index is 13.6. The molecule has 1 N–H and O–H groups in total. The molecule has 0 aromatic heterocycles. The average molecular weight is 369 g/mol. The van der Waals surface area contributed by atoms with Gasteiger partial charge in [-0.1, -0.05) is 47.5 Å². The Morgan fingerprint density at radius 1 is 1.25 bits per heavy atom. The van der Waals surface area contributed by atoms with Crippen molar-refractivity contribution in [3.05, 3.63) is 69.5 Å². The highest BCUT2D eigenvalue weighted by Gasteiger charge is 2.15. The van der Waals surface area contributed by atoms with Crippen molar-refractivity contribution in [1.29, 1.82) is 0 Å². The summed E-state index contributed by atoms with van der Waals surface area (Å²) in [5.74, 6) is -0.432. The number of halogens is 3. The lowest BCUT2D eigenvalue weighted by Gasteiger charge is -2.20. The normalized spacial score (nSPS) is 12.2. The molecule has 0 saturated heterocycles. The summed E-state index contributed by atoms with van der Waals surface area (Å²) in [5, 5.41) is 3.94. The Hall–Kier alpha value is -1.62. The van der Waals surface area contributed by atoms with Crippen LogP contribution in [0.25, 0.3) is 0 Å². The standard InChI is InChI=1S/C18H19Cl2FN2O/c1-12(15-8-7-14(19)9-16(15)20)22-18(24)11-23(2)10-13-5-3-4-6-17(13)21/h3-9,12H,10-11H2,1-2H3,(H,22,24). The van der Waals surface area contributed by atoms with E-state index >= 15 is 0 Å². The summed E-state index contributed by atoms with van der Waals surface area (Å²) in [6, 6.07) is 11.5. The van der Waals surface area contributed by atoms with Gasteiger partial charge in [-0.2, -0.15) is 0 Å². The van der Waals surface area contributed by atoms with Crippen LogP contribution in [-0.4, -0.2) is 24.4 Å². The van der Waals surface area contributed by atoms with Crippen LogP contribution in [0, 0.1) is 5.82 Å². The number of amides is 1. The van der Waals surface area contributed by atoms with Crippen molar-refractivity contribution in [2.75, 3.05) is 13.6 Å². The summed E-state index contributed by atoms with van der Waals surface area (Å²) >= 11 is 12.0. The van der Waals surface area contributed by atoms with Crippen molar-refractivity contribution in [3.63, 3.8) is 0 Å². The largest absolute Gasteiger partial charge is 0.348 e. The summed E-state index contributed by atoms with van der Waals surface area (Å²) in [5.41, 5.74) is 1.35. The number of hydrogen-bond acceptors (Lipinski definition) is 2. The van der Waals surface area contributed by atoms with Gasteiger partial charge in [0.25, 0.3) is 0 Å². The fourth-order valence-corrected chi connectivity index (χ4v) is 3.01. The van der Waals surface area contributed by atoms with Crippen LogP contribution >= 0.6 is 23.2 Å². The molecule has 0 spiro atoms. The molecule has 2 aromatic carbocycles. The van der Waals surface area contributed by atoms with Crippen molar-refractivity contribution in [3.8, 4) is 0 Å². The molecule has 0 radical (unpaired) electrons. The first-order valence-corrected chi connectivity index (χ1v) is 8.28. The SMILES string of the molecule is CC(NC(=O)CN(C)Cc1ccccc1F)c1ccc(Cl)cc1Cl. The molecule has 0 bridgehead atoms. The van der Waals surface area contributed by atoms with Crippen molar-refractivity contribution in [2.24, 2.45) is 0 Å². The minimum absolute atomic E-state index is 0.157. The Morgan fingerprint density at radius 2 is 1.96 bits per heavy atom. The van der Waals surface area contributed by atoms with Crippen LogP contribution < -0.4 is 5.32 Å². The van der Waals surface area contributed by atoms with E-state index < -0.39 is 0 Å². The van der Waals surface area contributed by atoms with E-state index in [-0.39, 0.29) is 24.3 Å². The zero-order chi connectivity index (χ0) is 17.7. The van der Waals surface area contributed by atoms with Crippen LogP contribution in [-0.2, 0) is 11.3 Å². The number of hydrogen-bond donors (Lipinski definition) is 1. The van der Waals surface area contributed by atoms with Gasteiger partial charge in [0.1, 0.15) is 5.82 Å². The lowest BCUT2D eigenvalue weighted by atomic mass is 10.1. The van der Waals surface area contributed by atoms with E-state index in [1.807, 2.05) is 6.92 Å². The summed E-state index contributed by atoms with van der Waals surface area (Å²) in [7, 11) is 1.77. The van der Waals surface area contributed by atoms with Crippen LogP contribution in [0.4, 0.5) is 4.39 Å². The van der Waals surface area contributed by atoms with Crippen LogP contribution in [0.3, 0.4) is 0 Å². The maximum atomic E-state index is 13.6. The maximum Gasteiger partial charge on any atom is 0.234 e. The molecule has 128 valence electrons. The van der Waals surface area contributed by atoms with Gasteiger partial charge in [0.15, 0.2) is 0 Å². The highest BCUT2D eigenvalue weighted by atomic mass is 35.5. The Balaban J connectivity index is 1.91. The summed E-state index contributed by atoms with van der Waals surface area (Å²) in [6.45, 7) is 2.37. The van der Waals surface area contributed by atoms with Gasteiger partial charge in [-0.15, -0.1) is 0 Å².